The summed E-state index contributed by atoms with van der Waals surface area (Å²) in [7, 11) is 0. The summed E-state index contributed by atoms with van der Waals surface area (Å²) in [6.07, 6.45) is 5.77. The first-order valence-electron chi connectivity index (χ1n) is 8.16. The maximum atomic E-state index is 12.1. The van der Waals surface area contributed by atoms with Gasteiger partial charge < -0.3 is 9.80 Å². The van der Waals surface area contributed by atoms with Crippen LogP contribution in [0.5, 0.6) is 0 Å². The molecule has 1 aromatic rings. The van der Waals surface area contributed by atoms with Gasteiger partial charge in [-0.25, -0.2) is 0 Å². The quantitative estimate of drug-likeness (QED) is 0.847. The lowest BCUT2D eigenvalue weighted by Crippen LogP contribution is -2.49. The number of rotatable bonds is 4. The molecule has 1 aliphatic heterocycles. The molecule has 5 nitrogen and oxygen atoms in total. The molecule has 1 saturated heterocycles. The van der Waals surface area contributed by atoms with E-state index >= 15 is 0 Å². The predicted octanol–water partition coefficient (Wildman–Crippen LogP) is 1.80. The van der Waals surface area contributed by atoms with Crippen molar-refractivity contribution in [3.63, 3.8) is 0 Å². The van der Waals surface area contributed by atoms with Gasteiger partial charge in [-0.2, -0.15) is 5.10 Å². The van der Waals surface area contributed by atoms with Gasteiger partial charge in [0, 0.05) is 38.5 Å². The van der Waals surface area contributed by atoms with Crippen molar-refractivity contribution in [1.82, 2.24) is 15.1 Å². The van der Waals surface area contributed by atoms with E-state index in [1.807, 2.05) is 4.90 Å². The van der Waals surface area contributed by atoms with E-state index in [9.17, 15) is 4.79 Å². The fourth-order valence-electron chi connectivity index (χ4n) is 2.98. The molecule has 2 heterocycles. The molecular weight excluding hydrogens is 264 g/mol. The Morgan fingerprint density at radius 2 is 1.81 bits per heavy atom. The SMILES string of the molecule is O=C(CC1CC1)N1CCN(c2ccc(C3CC3)nn2)CC1. The highest BCUT2D eigenvalue weighted by Crippen LogP contribution is 2.38. The molecule has 0 bridgehead atoms. The summed E-state index contributed by atoms with van der Waals surface area (Å²) in [5, 5.41) is 8.71. The van der Waals surface area contributed by atoms with Crippen LogP contribution in [0.4, 0.5) is 5.82 Å². The number of hydrogen-bond acceptors (Lipinski definition) is 4. The smallest absolute Gasteiger partial charge is 0.222 e. The van der Waals surface area contributed by atoms with Gasteiger partial charge in [-0.3, -0.25) is 4.79 Å². The van der Waals surface area contributed by atoms with Crippen LogP contribution in [0.2, 0.25) is 0 Å². The minimum Gasteiger partial charge on any atom is -0.352 e. The summed E-state index contributed by atoms with van der Waals surface area (Å²) < 4.78 is 0. The van der Waals surface area contributed by atoms with E-state index in [2.05, 4.69) is 27.2 Å². The molecule has 21 heavy (non-hydrogen) atoms. The molecule has 3 aliphatic rings. The van der Waals surface area contributed by atoms with Gasteiger partial charge >= 0.3 is 0 Å². The lowest BCUT2D eigenvalue weighted by Gasteiger charge is -2.35. The first-order chi connectivity index (χ1) is 10.3. The lowest BCUT2D eigenvalue weighted by atomic mass is 10.2. The van der Waals surface area contributed by atoms with Crippen molar-refractivity contribution in [2.24, 2.45) is 5.92 Å². The van der Waals surface area contributed by atoms with Gasteiger partial charge in [0.2, 0.25) is 5.91 Å². The zero-order valence-corrected chi connectivity index (χ0v) is 12.4. The summed E-state index contributed by atoms with van der Waals surface area (Å²) in [4.78, 5) is 16.4. The highest BCUT2D eigenvalue weighted by molar-refractivity contribution is 5.77. The van der Waals surface area contributed by atoms with Gasteiger partial charge in [0.1, 0.15) is 0 Å². The van der Waals surface area contributed by atoms with E-state index in [1.165, 1.54) is 25.7 Å². The maximum absolute atomic E-state index is 12.1. The van der Waals surface area contributed by atoms with Crippen molar-refractivity contribution in [2.75, 3.05) is 31.1 Å². The van der Waals surface area contributed by atoms with Crippen molar-refractivity contribution < 1.29 is 4.79 Å². The zero-order valence-electron chi connectivity index (χ0n) is 12.4. The van der Waals surface area contributed by atoms with Crippen molar-refractivity contribution in [3.05, 3.63) is 17.8 Å². The standard InChI is InChI=1S/C16H22N4O/c21-16(11-12-1-2-12)20-9-7-19(8-10-20)15-6-5-14(17-18-15)13-3-4-13/h5-6,12-13H,1-4,7-11H2. The molecule has 1 aromatic heterocycles. The molecule has 0 radical (unpaired) electrons. The minimum atomic E-state index is 0.340. The molecule has 0 aromatic carbocycles. The fraction of sp³-hybridized carbons (Fsp3) is 0.688. The van der Waals surface area contributed by atoms with Gasteiger partial charge in [-0.15, -0.1) is 5.10 Å². The van der Waals surface area contributed by atoms with E-state index < -0.39 is 0 Å². The fourth-order valence-corrected chi connectivity index (χ4v) is 2.98. The molecule has 112 valence electrons. The second kappa shape index (κ2) is 5.28. The van der Waals surface area contributed by atoms with Crippen molar-refractivity contribution in [1.29, 1.82) is 0 Å². The highest BCUT2D eigenvalue weighted by Gasteiger charge is 2.29. The largest absolute Gasteiger partial charge is 0.352 e. The molecule has 2 aliphatic carbocycles. The number of anilines is 1. The molecule has 0 spiro atoms. The number of piperazine rings is 1. The summed E-state index contributed by atoms with van der Waals surface area (Å²) in [6, 6.07) is 4.20. The van der Waals surface area contributed by atoms with E-state index in [4.69, 9.17) is 0 Å². The second-order valence-corrected chi connectivity index (χ2v) is 6.61. The van der Waals surface area contributed by atoms with Crippen LogP contribution in [0.3, 0.4) is 0 Å². The number of aromatic nitrogens is 2. The molecule has 2 saturated carbocycles. The van der Waals surface area contributed by atoms with Gasteiger partial charge in [0.05, 0.1) is 5.69 Å². The maximum Gasteiger partial charge on any atom is 0.222 e. The highest BCUT2D eigenvalue weighted by atomic mass is 16.2. The van der Waals surface area contributed by atoms with Crippen LogP contribution in [-0.2, 0) is 4.79 Å². The van der Waals surface area contributed by atoms with Crippen molar-refractivity contribution >= 4 is 11.7 Å². The second-order valence-electron chi connectivity index (χ2n) is 6.61. The molecule has 4 rings (SSSR count). The number of amides is 1. The lowest BCUT2D eigenvalue weighted by molar-refractivity contribution is -0.131. The van der Waals surface area contributed by atoms with Gasteiger partial charge in [0.15, 0.2) is 5.82 Å². The van der Waals surface area contributed by atoms with Crippen molar-refractivity contribution in [3.8, 4) is 0 Å². The molecule has 1 amide bonds. The van der Waals surface area contributed by atoms with Gasteiger partial charge in [0.25, 0.3) is 0 Å². The van der Waals surface area contributed by atoms with Crippen LogP contribution < -0.4 is 4.90 Å². The normalized spacial score (nSPS) is 22.5. The van der Waals surface area contributed by atoms with Crippen molar-refractivity contribution in [2.45, 2.75) is 38.0 Å². The topological polar surface area (TPSA) is 49.3 Å². The Balaban J connectivity index is 1.32. The molecule has 5 heteroatoms. The third kappa shape index (κ3) is 3.01. The molecule has 0 N–H and O–H groups in total. The Labute approximate surface area is 125 Å². The average Bonchev–Trinajstić information content (AvgIpc) is 3.41. The van der Waals surface area contributed by atoms with Crippen LogP contribution in [0.1, 0.15) is 43.7 Å². The first kappa shape index (κ1) is 13.0. The summed E-state index contributed by atoms with van der Waals surface area (Å²) in [5.74, 6) is 2.63. The van der Waals surface area contributed by atoms with Crippen LogP contribution >= 0.6 is 0 Å². The first-order valence-corrected chi connectivity index (χ1v) is 8.16. The van der Waals surface area contributed by atoms with Crippen LogP contribution in [-0.4, -0.2) is 47.2 Å². The molecular formula is C16H22N4O. The van der Waals surface area contributed by atoms with E-state index in [1.54, 1.807) is 0 Å². The number of nitrogens with zero attached hydrogens (tertiary/aromatic N) is 4. The summed E-state index contributed by atoms with van der Waals surface area (Å²) >= 11 is 0. The Morgan fingerprint density at radius 1 is 1.05 bits per heavy atom. The van der Waals surface area contributed by atoms with Crippen LogP contribution in [0, 0.1) is 5.92 Å². The number of carbonyl (C=O) groups excluding carboxylic acids is 1. The Morgan fingerprint density at radius 3 is 2.38 bits per heavy atom. The molecule has 3 fully saturated rings. The van der Waals surface area contributed by atoms with Crippen LogP contribution in [0.15, 0.2) is 12.1 Å². The van der Waals surface area contributed by atoms with Gasteiger partial charge in [-0.05, 0) is 43.7 Å². The summed E-state index contributed by atoms with van der Waals surface area (Å²) in [5.41, 5.74) is 1.14. The molecule has 0 atom stereocenters. The number of carbonyl (C=O) groups is 1. The third-order valence-corrected chi connectivity index (χ3v) is 4.78. The summed E-state index contributed by atoms with van der Waals surface area (Å²) in [6.45, 7) is 3.37. The molecule has 0 unspecified atom stereocenters. The monoisotopic (exact) mass is 286 g/mol. The average molecular weight is 286 g/mol. The minimum absolute atomic E-state index is 0.340. The Hall–Kier alpha value is -1.65. The third-order valence-electron chi connectivity index (χ3n) is 4.78. The predicted molar refractivity (Wildman–Crippen MR) is 80.1 cm³/mol. The van der Waals surface area contributed by atoms with Gasteiger partial charge in [-0.1, -0.05) is 0 Å². The zero-order chi connectivity index (χ0) is 14.2. The van der Waals surface area contributed by atoms with E-state index in [-0.39, 0.29) is 0 Å². The Kier molecular flexibility index (Phi) is 3.28. The van der Waals surface area contributed by atoms with E-state index in [0.29, 0.717) is 17.7 Å². The van der Waals surface area contributed by atoms with E-state index in [0.717, 1.165) is 44.1 Å². The van der Waals surface area contributed by atoms with Crippen LogP contribution in [0.25, 0.3) is 0 Å². The number of hydrogen-bond donors (Lipinski definition) is 0. The Bertz CT molecular complexity index is 514.